The van der Waals surface area contributed by atoms with Crippen LogP contribution < -0.4 is 0 Å². The van der Waals surface area contributed by atoms with Gasteiger partial charge in [-0.3, -0.25) is 4.40 Å². The molecule has 240 valence electrons. The summed E-state index contributed by atoms with van der Waals surface area (Å²) < 4.78 is 4.85. The molecular weight excluding hydrogens is 651 g/mol. The van der Waals surface area contributed by atoms with Gasteiger partial charge in [0.05, 0.1) is 33.1 Å². The van der Waals surface area contributed by atoms with Gasteiger partial charge in [0.15, 0.2) is 5.65 Å². The van der Waals surface area contributed by atoms with Gasteiger partial charge in [0.2, 0.25) is 0 Å². The SMILES string of the molecule is N#Cc1ccc(-c2ccc(-c3ccc(-c4cc5c6ccccc6sc5c5nc6c7cc8ccccc8cc7ccc6n45)cc3)c3ccccc23)cc1. The summed E-state index contributed by atoms with van der Waals surface area (Å²) in [5.74, 6) is 0. The lowest BCUT2D eigenvalue weighted by Gasteiger charge is -2.13. The topological polar surface area (TPSA) is 41.1 Å². The quantitative estimate of drug-likeness (QED) is 0.175. The highest BCUT2D eigenvalue weighted by Gasteiger charge is 2.19. The van der Waals surface area contributed by atoms with Crippen LogP contribution >= 0.6 is 11.3 Å². The van der Waals surface area contributed by atoms with Crippen LogP contribution in [0.15, 0.2) is 164 Å². The Morgan fingerprint density at radius 1 is 0.500 bits per heavy atom. The molecule has 0 unspecified atom stereocenters. The number of hydrogen-bond donors (Lipinski definition) is 0. The molecule has 0 radical (unpaired) electrons. The van der Waals surface area contributed by atoms with Crippen LogP contribution in [0.3, 0.4) is 0 Å². The van der Waals surface area contributed by atoms with Crippen molar-refractivity contribution >= 4 is 80.5 Å². The van der Waals surface area contributed by atoms with Gasteiger partial charge in [-0.1, -0.05) is 121 Å². The molecule has 3 nitrogen and oxygen atoms in total. The van der Waals surface area contributed by atoms with E-state index < -0.39 is 0 Å². The minimum absolute atomic E-state index is 0.666. The first-order valence-electron chi connectivity index (χ1n) is 17.4. The number of pyridine rings is 1. The van der Waals surface area contributed by atoms with Crippen molar-refractivity contribution in [3.63, 3.8) is 0 Å². The third-order valence-corrected chi connectivity index (χ3v) is 11.8. The minimum atomic E-state index is 0.666. The van der Waals surface area contributed by atoms with Crippen LogP contribution in [0.25, 0.3) is 103 Å². The number of rotatable bonds is 3. The Hall–Kier alpha value is -6.80. The third kappa shape index (κ3) is 4.27. The molecule has 0 fully saturated rings. The predicted molar refractivity (Wildman–Crippen MR) is 219 cm³/mol. The highest BCUT2D eigenvalue weighted by atomic mass is 32.1. The van der Waals surface area contributed by atoms with Gasteiger partial charge in [-0.25, -0.2) is 4.98 Å². The standard InChI is InChI=1S/C48H27N3S/c49-28-29-13-15-30(16-14-29)36-22-23-37(39-10-4-3-9-38(36)39)31-17-19-32(20-18-31)44-27-42-40-11-5-6-12-45(40)52-47(42)48-50-46-41-26-34-8-2-1-7-33(34)25-35(41)21-24-43(46)51(44)48/h1-27H. The molecule has 52 heavy (non-hydrogen) atoms. The minimum Gasteiger partial charge on any atom is -0.291 e. The monoisotopic (exact) mass is 677 g/mol. The normalized spacial score (nSPS) is 11.8. The number of nitrogens with zero attached hydrogens (tertiary/aromatic N) is 3. The molecule has 0 spiro atoms. The summed E-state index contributed by atoms with van der Waals surface area (Å²) in [6.07, 6.45) is 0. The van der Waals surface area contributed by atoms with E-state index in [0.29, 0.717) is 5.56 Å². The second kappa shape index (κ2) is 11.1. The molecule has 0 amide bonds. The Labute approximate surface area is 302 Å². The van der Waals surface area contributed by atoms with Crippen LogP contribution in [0.2, 0.25) is 0 Å². The number of aromatic nitrogens is 2. The molecule has 3 heterocycles. The number of benzene rings is 8. The zero-order valence-electron chi connectivity index (χ0n) is 27.8. The number of hydrogen-bond acceptors (Lipinski definition) is 3. The van der Waals surface area contributed by atoms with Gasteiger partial charge in [-0.15, -0.1) is 11.3 Å². The Morgan fingerprint density at radius 2 is 1.12 bits per heavy atom. The Balaban J connectivity index is 1.12. The molecule has 0 saturated heterocycles. The lowest BCUT2D eigenvalue weighted by atomic mass is 9.91. The van der Waals surface area contributed by atoms with Crippen molar-refractivity contribution < 1.29 is 0 Å². The second-order valence-electron chi connectivity index (χ2n) is 13.5. The summed E-state index contributed by atoms with van der Waals surface area (Å²) in [5, 5.41) is 19.0. The van der Waals surface area contributed by atoms with Crippen LogP contribution in [-0.2, 0) is 0 Å². The van der Waals surface area contributed by atoms with E-state index >= 15 is 0 Å². The largest absolute Gasteiger partial charge is 0.291 e. The number of nitriles is 1. The lowest BCUT2D eigenvalue weighted by molar-refractivity contribution is 1.25. The average molecular weight is 678 g/mol. The Morgan fingerprint density at radius 3 is 1.83 bits per heavy atom. The fourth-order valence-corrected chi connectivity index (χ4v) is 9.25. The zero-order chi connectivity index (χ0) is 34.3. The molecular formula is C48H27N3S. The van der Waals surface area contributed by atoms with Crippen molar-refractivity contribution in [1.82, 2.24) is 9.38 Å². The summed E-state index contributed by atoms with van der Waals surface area (Å²) in [5.41, 5.74) is 10.7. The molecule has 0 aliphatic rings. The van der Waals surface area contributed by atoms with Crippen LogP contribution in [-0.4, -0.2) is 9.38 Å². The predicted octanol–water partition coefficient (Wildman–Crippen LogP) is 13.2. The van der Waals surface area contributed by atoms with E-state index in [2.05, 4.69) is 150 Å². The molecule has 0 aliphatic heterocycles. The summed E-state index contributed by atoms with van der Waals surface area (Å²) in [6.45, 7) is 0. The van der Waals surface area contributed by atoms with E-state index in [1.54, 1.807) is 0 Å². The number of thiophene rings is 1. The first-order valence-corrected chi connectivity index (χ1v) is 18.2. The van der Waals surface area contributed by atoms with E-state index in [0.717, 1.165) is 44.6 Å². The van der Waals surface area contributed by atoms with Crippen LogP contribution in [0.5, 0.6) is 0 Å². The van der Waals surface area contributed by atoms with E-state index in [4.69, 9.17) is 4.98 Å². The van der Waals surface area contributed by atoms with Gasteiger partial charge in [0.1, 0.15) is 0 Å². The highest BCUT2D eigenvalue weighted by Crippen LogP contribution is 2.42. The molecule has 0 aliphatic carbocycles. The van der Waals surface area contributed by atoms with Crippen molar-refractivity contribution in [3.8, 4) is 39.6 Å². The molecule has 4 heteroatoms. The average Bonchev–Trinajstić information content (AvgIpc) is 3.79. The lowest BCUT2D eigenvalue weighted by Crippen LogP contribution is -1.93. The van der Waals surface area contributed by atoms with Crippen LogP contribution in [0.1, 0.15) is 5.56 Å². The zero-order valence-corrected chi connectivity index (χ0v) is 28.7. The summed E-state index contributed by atoms with van der Waals surface area (Å²) >= 11 is 1.82. The maximum absolute atomic E-state index is 9.31. The molecule has 11 aromatic rings. The maximum Gasteiger partial charge on any atom is 0.156 e. The number of imidazole rings is 1. The molecule has 0 bridgehead atoms. The van der Waals surface area contributed by atoms with E-state index in [-0.39, 0.29) is 0 Å². The fourth-order valence-electron chi connectivity index (χ4n) is 8.09. The molecule has 3 aromatic heterocycles. The Kier molecular flexibility index (Phi) is 6.19. The number of fused-ring (bicyclic) bond motifs is 11. The molecule has 11 rings (SSSR count). The summed E-state index contributed by atoms with van der Waals surface area (Å²) in [6, 6.07) is 60.8. The molecule has 8 aromatic carbocycles. The van der Waals surface area contributed by atoms with Gasteiger partial charge in [-0.2, -0.15) is 5.26 Å². The van der Waals surface area contributed by atoms with Crippen molar-refractivity contribution in [1.29, 1.82) is 5.26 Å². The Bertz CT molecular complexity index is 3290. The van der Waals surface area contributed by atoms with Gasteiger partial charge < -0.3 is 0 Å². The summed E-state index contributed by atoms with van der Waals surface area (Å²) in [4.78, 5) is 5.46. The van der Waals surface area contributed by atoms with Crippen LogP contribution in [0, 0.1) is 11.3 Å². The van der Waals surface area contributed by atoms with Crippen molar-refractivity contribution in [2.24, 2.45) is 0 Å². The van der Waals surface area contributed by atoms with Crippen molar-refractivity contribution in [2.45, 2.75) is 0 Å². The fraction of sp³-hybridized carbons (Fsp3) is 0. The summed E-state index contributed by atoms with van der Waals surface area (Å²) in [7, 11) is 0. The van der Waals surface area contributed by atoms with Crippen LogP contribution in [0.4, 0.5) is 0 Å². The van der Waals surface area contributed by atoms with Gasteiger partial charge in [0.25, 0.3) is 0 Å². The maximum atomic E-state index is 9.31. The van der Waals surface area contributed by atoms with Crippen molar-refractivity contribution in [2.75, 3.05) is 0 Å². The second-order valence-corrected chi connectivity index (χ2v) is 14.5. The van der Waals surface area contributed by atoms with Crippen molar-refractivity contribution in [3.05, 3.63) is 169 Å². The molecule has 0 N–H and O–H groups in total. The van der Waals surface area contributed by atoms with E-state index in [9.17, 15) is 5.26 Å². The van der Waals surface area contributed by atoms with E-state index in [1.807, 2.05) is 35.6 Å². The van der Waals surface area contributed by atoms with Gasteiger partial charge in [-0.05, 0) is 97.2 Å². The molecule has 0 saturated carbocycles. The van der Waals surface area contributed by atoms with Gasteiger partial charge >= 0.3 is 0 Å². The third-order valence-electron chi connectivity index (χ3n) is 10.6. The first-order chi connectivity index (χ1) is 25.7. The smallest absolute Gasteiger partial charge is 0.156 e. The molecule has 0 atom stereocenters. The van der Waals surface area contributed by atoms with E-state index in [1.165, 1.54) is 58.1 Å². The van der Waals surface area contributed by atoms with Gasteiger partial charge in [0, 0.05) is 20.9 Å². The first kappa shape index (κ1) is 29.0. The highest BCUT2D eigenvalue weighted by molar-refractivity contribution is 7.26.